The fourth-order valence-corrected chi connectivity index (χ4v) is 1.52. The molecular formula is C10H10O6. The highest BCUT2D eigenvalue weighted by atomic mass is 16.7. The van der Waals surface area contributed by atoms with E-state index in [-0.39, 0.29) is 18.1 Å². The Hall–Kier alpha value is -1.95. The molecule has 1 aliphatic heterocycles. The van der Waals surface area contributed by atoms with E-state index in [1.54, 1.807) is 0 Å². The second-order valence-corrected chi connectivity index (χ2v) is 3.16. The second-order valence-electron chi connectivity index (χ2n) is 3.16. The molecule has 6 heteroatoms. The SMILES string of the molecule is COc1c(C(O)C(=O)O)ccc2c1OCO2. The Balaban J connectivity index is 2.50. The first-order valence-corrected chi connectivity index (χ1v) is 4.52. The summed E-state index contributed by atoms with van der Waals surface area (Å²) in [4.78, 5) is 10.7. The number of aliphatic hydroxyl groups is 1. The van der Waals surface area contributed by atoms with Crippen molar-refractivity contribution in [1.82, 2.24) is 0 Å². The predicted molar refractivity (Wildman–Crippen MR) is 51.7 cm³/mol. The van der Waals surface area contributed by atoms with Crippen LogP contribution in [0, 0.1) is 0 Å². The largest absolute Gasteiger partial charge is 0.492 e. The molecule has 0 fully saturated rings. The highest BCUT2D eigenvalue weighted by Crippen LogP contribution is 2.44. The molecule has 1 heterocycles. The number of ether oxygens (including phenoxy) is 3. The molecule has 0 radical (unpaired) electrons. The Bertz CT molecular complexity index is 428. The molecule has 0 saturated heterocycles. The number of aliphatic carboxylic acids is 1. The van der Waals surface area contributed by atoms with Crippen molar-refractivity contribution in [1.29, 1.82) is 0 Å². The smallest absolute Gasteiger partial charge is 0.337 e. The summed E-state index contributed by atoms with van der Waals surface area (Å²) in [6.07, 6.45) is -1.65. The van der Waals surface area contributed by atoms with Gasteiger partial charge in [-0.2, -0.15) is 0 Å². The fourth-order valence-electron chi connectivity index (χ4n) is 1.52. The van der Waals surface area contributed by atoms with E-state index in [4.69, 9.17) is 19.3 Å². The third-order valence-corrected chi connectivity index (χ3v) is 2.26. The van der Waals surface area contributed by atoms with Gasteiger partial charge < -0.3 is 24.4 Å². The summed E-state index contributed by atoms with van der Waals surface area (Å²) in [5, 5.41) is 18.2. The number of carbonyl (C=O) groups is 1. The van der Waals surface area contributed by atoms with E-state index < -0.39 is 12.1 Å². The maximum atomic E-state index is 10.7. The zero-order valence-corrected chi connectivity index (χ0v) is 8.47. The van der Waals surface area contributed by atoms with Crippen LogP contribution in [0.2, 0.25) is 0 Å². The van der Waals surface area contributed by atoms with E-state index in [1.165, 1.54) is 19.2 Å². The molecule has 2 rings (SSSR count). The molecule has 2 N–H and O–H groups in total. The van der Waals surface area contributed by atoms with Gasteiger partial charge in [0.2, 0.25) is 12.5 Å². The molecule has 6 nitrogen and oxygen atoms in total. The Morgan fingerprint density at radius 1 is 1.50 bits per heavy atom. The summed E-state index contributed by atoms with van der Waals surface area (Å²) in [6, 6.07) is 2.97. The van der Waals surface area contributed by atoms with Crippen LogP contribution in [0.5, 0.6) is 17.2 Å². The topological polar surface area (TPSA) is 85.2 Å². The summed E-state index contributed by atoms with van der Waals surface area (Å²) in [7, 11) is 1.37. The van der Waals surface area contributed by atoms with Crippen LogP contribution in [0.15, 0.2) is 12.1 Å². The van der Waals surface area contributed by atoms with Gasteiger partial charge in [0.25, 0.3) is 0 Å². The van der Waals surface area contributed by atoms with Gasteiger partial charge in [0, 0.05) is 5.56 Å². The zero-order valence-electron chi connectivity index (χ0n) is 8.47. The summed E-state index contributed by atoms with van der Waals surface area (Å²) >= 11 is 0. The second kappa shape index (κ2) is 3.90. The van der Waals surface area contributed by atoms with Gasteiger partial charge in [-0.05, 0) is 12.1 Å². The van der Waals surface area contributed by atoms with Crippen LogP contribution in [-0.2, 0) is 4.79 Å². The third-order valence-electron chi connectivity index (χ3n) is 2.26. The molecule has 0 aromatic heterocycles. The summed E-state index contributed by atoms with van der Waals surface area (Å²) in [5.41, 5.74) is 0.138. The van der Waals surface area contributed by atoms with E-state index >= 15 is 0 Å². The van der Waals surface area contributed by atoms with Crippen LogP contribution in [0.1, 0.15) is 11.7 Å². The first-order chi connectivity index (χ1) is 7.65. The van der Waals surface area contributed by atoms with Crippen molar-refractivity contribution in [2.45, 2.75) is 6.10 Å². The summed E-state index contributed by atoms with van der Waals surface area (Å²) < 4.78 is 15.3. The minimum absolute atomic E-state index is 0.0539. The van der Waals surface area contributed by atoms with E-state index in [1.807, 2.05) is 0 Å². The zero-order chi connectivity index (χ0) is 11.7. The third kappa shape index (κ3) is 1.53. The lowest BCUT2D eigenvalue weighted by Crippen LogP contribution is -2.11. The molecule has 0 aliphatic carbocycles. The van der Waals surface area contributed by atoms with Crippen LogP contribution >= 0.6 is 0 Å². The summed E-state index contributed by atoms with van der Waals surface area (Å²) in [5.74, 6) is -0.374. The van der Waals surface area contributed by atoms with Crippen LogP contribution in [0.3, 0.4) is 0 Å². The number of benzene rings is 1. The first kappa shape index (κ1) is 10.6. The van der Waals surface area contributed by atoms with E-state index in [0.717, 1.165) is 0 Å². The number of fused-ring (bicyclic) bond motifs is 1. The standard InChI is InChI=1S/C10H10O6/c1-14-8-5(7(11)10(12)13)2-3-6-9(8)16-4-15-6/h2-3,7,11H,4H2,1H3,(H,12,13). The molecule has 16 heavy (non-hydrogen) atoms. The van der Waals surface area contributed by atoms with Gasteiger partial charge >= 0.3 is 5.97 Å². The molecule has 1 aliphatic rings. The van der Waals surface area contributed by atoms with Crippen LogP contribution in [0.25, 0.3) is 0 Å². The average molecular weight is 226 g/mol. The molecule has 1 aromatic rings. The van der Waals surface area contributed by atoms with Crippen LogP contribution in [-0.4, -0.2) is 30.1 Å². The number of hydrogen-bond acceptors (Lipinski definition) is 5. The lowest BCUT2D eigenvalue weighted by atomic mass is 10.1. The molecular weight excluding hydrogens is 216 g/mol. The molecule has 1 atom stereocenters. The van der Waals surface area contributed by atoms with Crippen LogP contribution in [0.4, 0.5) is 0 Å². The highest BCUT2D eigenvalue weighted by molar-refractivity contribution is 5.76. The average Bonchev–Trinajstić information content (AvgIpc) is 2.74. The molecule has 86 valence electrons. The molecule has 0 spiro atoms. The number of carboxylic acid groups (broad SMARTS) is 1. The number of hydrogen-bond donors (Lipinski definition) is 2. The quantitative estimate of drug-likeness (QED) is 0.782. The summed E-state index contributed by atoms with van der Waals surface area (Å²) in [6.45, 7) is 0.0539. The molecule has 0 amide bonds. The fraction of sp³-hybridized carbons (Fsp3) is 0.300. The maximum Gasteiger partial charge on any atom is 0.337 e. The number of aliphatic hydroxyl groups excluding tert-OH is 1. The minimum atomic E-state index is -1.65. The molecule has 0 bridgehead atoms. The molecule has 1 aromatic carbocycles. The highest BCUT2D eigenvalue weighted by Gasteiger charge is 2.27. The molecule has 0 saturated carbocycles. The predicted octanol–water partition coefficient (Wildman–Crippen LogP) is 0.542. The van der Waals surface area contributed by atoms with Gasteiger partial charge in [0.1, 0.15) is 0 Å². The normalized spacial score (nSPS) is 14.6. The Labute approximate surface area is 91.0 Å². The van der Waals surface area contributed by atoms with Gasteiger partial charge in [-0.15, -0.1) is 0 Å². The van der Waals surface area contributed by atoms with Gasteiger partial charge in [-0.1, -0.05) is 0 Å². The Morgan fingerprint density at radius 3 is 2.88 bits per heavy atom. The van der Waals surface area contributed by atoms with Gasteiger partial charge in [0.15, 0.2) is 17.6 Å². The van der Waals surface area contributed by atoms with Crippen LogP contribution < -0.4 is 14.2 Å². The van der Waals surface area contributed by atoms with Crippen molar-refractivity contribution in [2.75, 3.05) is 13.9 Å². The van der Waals surface area contributed by atoms with Gasteiger partial charge in [0.05, 0.1) is 7.11 Å². The lowest BCUT2D eigenvalue weighted by molar-refractivity contribution is -0.147. The molecule has 1 unspecified atom stereocenters. The maximum absolute atomic E-state index is 10.7. The van der Waals surface area contributed by atoms with Crippen molar-refractivity contribution in [3.05, 3.63) is 17.7 Å². The van der Waals surface area contributed by atoms with Crippen molar-refractivity contribution < 1.29 is 29.2 Å². The van der Waals surface area contributed by atoms with Crippen molar-refractivity contribution in [3.8, 4) is 17.2 Å². The number of carboxylic acids is 1. The first-order valence-electron chi connectivity index (χ1n) is 4.52. The van der Waals surface area contributed by atoms with E-state index in [9.17, 15) is 9.90 Å². The van der Waals surface area contributed by atoms with Gasteiger partial charge in [-0.25, -0.2) is 4.79 Å². The number of methoxy groups -OCH3 is 1. The van der Waals surface area contributed by atoms with Gasteiger partial charge in [-0.3, -0.25) is 0 Å². The number of rotatable bonds is 3. The van der Waals surface area contributed by atoms with Crippen molar-refractivity contribution >= 4 is 5.97 Å². The Kier molecular flexibility index (Phi) is 2.57. The monoisotopic (exact) mass is 226 g/mol. The van der Waals surface area contributed by atoms with E-state index in [0.29, 0.717) is 11.5 Å². The van der Waals surface area contributed by atoms with E-state index in [2.05, 4.69) is 0 Å². The van der Waals surface area contributed by atoms with Crippen molar-refractivity contribution in [3.63, 3.8) is 0 Å². The van der Waals surface area contributed by atoms with Crippen molar-refractivity contribution in [2.24, 2.45) is 0 Å². The minimum Gasteiger partial charge on any atom is -0.492 e. The lowest BCUT2D eigenvalue weighted by Gasteiger charge is -2.12. The Morgan fingerprint density at radius 2 is 2.25 bits per heavy atom.